The number of hydrogen-bond acceptors (Lipinski definition) is 4. The third-order valence-corrected chi connectivity index (χ3v) is 5.17. The van der Waals surface area contributed by atoms with Crippen LogP contribution in [0.2, 0.25) is 0 Å². The Morgan fingerprint density at radius 1 is 1.43 bits per heavy atom. The highest BCUT2D eigenvalue weighted by atomic mass is 79.9. The van der Waals surface area contributed by atoms with Crippen LogP contribution in [0.4, 0.5) is 0 Å². The van der Waals surface area contributed by atoms with Crippen molar-refractivity contribution in [3.05, 3.63) is 46.2 Å². The van der Waals surface area contributed by atoms with E-state index in [1.165, 1.54) is 18.2 Å². The number of halogens is 1. The lowest BCUT2D eigenvalue weighted by Crippen LogP contribution is -2.14. The molecule has 0 spiro atoms. The van der Waals surface area contributed by atoms with Crippen molar-refractivity contribution in [1.82, 2.24) is 9.78 Å². The Hall–Kier alpha value is -1.67. The molecular formula is C13H13BrN2O4S. The normalized spacial score (nSPS) is 11.5. The number of carboxylic acids is 1. The first-order valence-corrected chi connectivity index (χ1v) is 8.47. The summed E-state index contributed by atoms with van der Waals surface area (Å²) in [5, 5.41) is 13.1. The van der Waals surface area contributed by atoms with Crippen molar-refractivity contribution in [3.63, 3.8) is 0 Å². The van der Waals surface area contributed by atoms with E-state index in [-0.39, 0.29) is 22.6 Å². The summed E-state index contributed by atoms with van der Waals surface area (Å²) in [6.45, 7) is 0. The van der Waals surface area contributed by atoms with Gasteiger partial charge in [0.1, 0.15) is 0 Å². The van der Waals surface area contributed by atoms with Crippen LogP contribution >= 0.6 is 15.9 Å². The maximum Gasteiger partial charge on any atom is 0.337 e. The number of benzene rings is 1. The molecule has 1 N–H and O–H groups in total. The summed E-state index contributed by atoms with van der Waals surface area (Å²) in [5.41, 5.74) is 0.567. The number of carbonyl (C=O) groups is 1. The van der Waals surface area contributed by atoms with E-state index in [4.69, 9.17) is 5.11 Å². The van der Waals surface area contributed by atoms with Gasteiger partial charge < -0.3 is 5.11 Å². The highest BCUT2D eigenvalue weighted by Crippen LogP contribution is 2.23. The van der Waals surface area contributed by atoms with Gasteiger partial charge in [-0.15, -0.1) is 0 Å². The molecule has 0 atom stereocenters. The van der Waals surface area contributed by atoms with E-state index in [2.05, 4.69) is 21.0 Å². The Balaban J connectivity index is 2.31. The van der Waals surface area contributed by atoms with Gasteiger partial charge in [0.15, 0.2) is 9.84 Å². The van der Waals surface area contributed by atoms with Crippen LogP contribution in [0.15, 0.2) is 40.0 Å². The van der Waals surface area contributed by atoms with Crippen LogP contribution in [0.5, 0.6) is 0 Å². The summed E-state index contributed by atoms with van der Waals surface area (Å²) < 4.78 is 26.9. The monoisotopic (exact) mass is 372 g/mol. The second kappa shape index (κ2) is 5.98. The zero-order valence-electron chi connectivity index (χ0n) is 11.2. The molecule has 0 aliphatic heterocycles. The van der Waals surface area contributed by atoms with Crippen molar-refractivity contribution in [3.8, 4) is 0 Å². The molecule has 0 aliphatic rings. The number of carboxylic acid groups (broad SMARTS) is 1. The lowest BCUT2D eigenvalue weighted by Gasteiger charge is -2.08. The van der Waals surface area contributed by atoms with Gasteiger partial charge in [-0.3, -0.25) is 4.68 Å². The molecule has 0 aliphatic carbocycles. The van der Waals surface area contributed by atoms with Gasteiger partial charge in [-0.05, 0) is 30.2 Å². The maximum atomic E-state index is 12.4. The quantitative estimate of drug-likeness (QED) is 0.865. The van der Waals surface area contributed by atoms with Crippen LogP contribution in [-0.2, 0) is 23.3 Å². The van der Waals surface area contributed by atoms with E-state index in [9.17, 15) is 13.2 Å². The molecule has 0 fully saturated rings. The second-order valence-corrected chi connectivity index (χ2v) is 7.53. The number of rotatable bonds is 5. The van der Waals surface area contributed by atoms with Crippen molar-refractivity contribution in [2.75, 3.05) is 5.75 Å². The van der Waals surface area contributed by atoms with E-state index in [0.29, 0.717) is 4.47 Å². The Morgan fingerprint density at radius 3 is 2.71 bits per heavy atom. The minimum Gasteiger partial charge on any atom is -0.478 e. The summed E-state index contributed by atoms with van der Waals surface area (Å²) in [4.78, 5) is 11.0. The summed E-state index contributed by atoms with van der Waals surface area (Å²) in [6.07, 6.45) is 3.60. The Bertz CT molecular complexity index is 783. The molecule has 2 rings (SSSR count). The molecule has 0 saturated heterocycles. The van der Waals surface area contributed by atoms with Crippen LogP contribution in [0.25, 0.3) is 0 Å². The van der Waals surface area contributed by atoms with Gasteiger partial charge in [0, 0.05) is 17.7 Å². The van der Waals surface area contributed by atoms with E-state index >= 15 is 0 Å². The smallest absolute Gasteiger partial charge is 0.337 e. The standard InChI is InChI=1S/C13H13BrN2O4S/c1-16-8-9(7-15-16)4-5-21(19,20)12-6-10(14)2-3-11(12)13(17)18/h2-3,6-8H,4-5H2,1H3,(H,17,18). The van der Waals surface area contributed by atoms with Crippen LogP contribution in [-0.4, -0.2) is 35.0 Å². The summed E-state index contributed by atoms with van der Waals surface area (Å²) in [6, 6.07) is 4.11. The molecule has 1 heterocycles. The highest BCUT2D eigenvalue weighted by molar-refractivity contribution is 9.10. The van der Waals surface area contributed by atoms with Gasteiger partial charge in [0.05, 0.1) is 22.4 Å². The van der Waals surface area contributed by atoms with E-state index in [1.807, 2.05) is 0 Å². The fraction of sp³-hybridized carbons (Fsp3) is 0.231. The minimum absolute atomic E-state index is 0.171. The number of hydrogen-bond donors (Lipinski definition) is 1. The largest absolute Gasteiger partial charge is 0.478 e. The SMILES string of the molecule is Cn1cc(CCS(=O)(=O)c2cc(Br)ccc2C(=O)O)cn1. The number of sulfone groups is 1. The molecule has 0 saturated carbocycles. The molecule has 6 nitrogen and oxygen atoms in total. The second-order valence-electron chi connectivity index (χ2n) is 4.54. The Morgan fingerprint density at radius 2 is 2.14 bits per heavy atom. The summed E-state index contributed by atoms with van der Waals surface area (Å²) in [5.74, 6) is -1.43. The topological polar surface area (TPSA) is 89.3 Å². The third-order valence-electron chi connectivity index (χ3n) is 2.93. The highest BCUT2D eigenvalue weighted by Gasteiger charge is 2.22. The minimum atomic E-state index is -3.70. The van der Waals surface area contributed by atoms with E-state index < -0.39 is 15.8 Å². The van der Waals surface area contributed by atoms with E-state index in [0.717, 1.165) is 5.56 Å². The molecule has 0 bridgehead atoms. The van der Waals surface area contributed by atoms with Crippen LogP contribution in [0, 0.1) is 0 Å². The van der Waals surface area contributed by atoms with E-state index in [1.54, 1.807) is 24.1 Å². The molecule has 1 aromatic heterocycles. The molecule has 8 heteroatoms. The van der Waals surface area contributed by atoms with Crippen LogP contribution in [0.3, 0.4) is 0 Å². The van der Waals surface area contributed by atoms with Crippen molar-refractivity contribution in [1.29, 1.82) is 0 Å². The number of aromatic carboxylic acids is 1. The fourth-order valence-electron chi connectivity index (χ4n) is 1.89. The maximum absolute atomic E-state index is 12.4. The fourth-order valence-corrected chi connectivity index (χ4v) is 3.93. The Kier molecular flexibility index (Phi) is 4.48. The first kappa shape index (κ1) is 15.7. The molecule has 21 heavy (non-hydrogen) atoms. The van der Waals surface area contributed by atoms with Crippen molar-refractivity contribution < 1.29 is 18.3 Å². The van der Waals surface area contributed by atoms with Gasteiger partial charge >= 0.3 is 5.97 Å². The zero-order valence-corrected chi connectivity index (χ0v) is 13.6. The van der Waals surface area contributed by atoms with Crippen molar-refractivity contribution >= 4 is 31.7 Å². The van der Waals surface area contributed by atoms with Gasteiger partial charge in [-0.1, -0.05) is 15.9 Å². The molecule has 2 aromatic rings. The predicted octanol–water partition coefficient (Wildman–Crippen LogP) is 1.90. The summed E-state index contributed by atoms with van der Waals surface area (Å²) >= 11 is 3.17. The zero-order chi connectivity index (χ0) is 15.6. The third kappa shape index (κ3) is 3.70. The first-order valence-electron chi connectivity index (χ1n) is 6.03. The number of aromatic nitrogens is 2. The summed E-state index contributed by atoms with van der Waals surface area (Å²) in [7, 11) is -1.95. The van der Waals surface area contributed by atoms with Crippen LogP contribution < -0.4 is 0 Å². The first-order chi connectivity index (χ1) is 9.79. The predicted molar refractivity (Wildman–Crippen MR) is 80.1 cm³/mol. The lowest BCUT2D eigenvalue weighted by molar-refractivity contribution is 0.0692. The van der Waals surface area contributed by atoms with Gasteiger partial charge in [-0.2, -0.15) is 5.10 Å². The molecule has 0 unspecified atom stereocenters. The molecule has 0 amide bonds. The average molecular weight is 373 g/mol. The molecule has 112 valence electrons. The molecular weight excluding hydrogens is 360 g/mol. The van der Waals surface area contributed by atoms with Gasteiger partial charge in [0.2, 0.25) is 0 Å². The van der Waals surface area contributed by atoms with Crippen LogP contribution in [0.1, 0.15) is 15.9 Å². The molecule has 0 radical (unpaired) electrons. The Labute approximate surface area is 130 Å². The van der Waals surface area contributed by atoms with Crippen molar-refractivity contribution in [2.45, 2.75) is 11.3 Å². The number of aryl methyl sites for hydroxylation is 2. The van der Waals surface area contributed by atoms with Gasteiger partial charge in [0.25, 0.3) is 0 Å². The number of nitrogens with zero attached hydrogens (tertiary/aromatic N) is 2. The van der Waals surface area contributed by atoms with Gasteiger partial charge in [-0.25, -0.2) is 13.2 Å². The average Bonchev–Trinajstić information content (AvgIpc) is 2.82. The lowest BCUT2D eigenvalue weighted by atomic mass is 10.2. The molecule has 1 aromatic carbocycles. The van der Waals surface area contributed by atoms with Crippen molar-refractivity contribution in [2.24, 2.45) is 7.05 Å².